The van der Waals surface area contributed by atoms with Gasteiger partial charge in [0.15, 0.2) is 0 Å². The van der Waals surface area contributed by atoms with Crippen molar-refractivity contribution in [3.8, 4) is 0 Å². The Morgan fingerprint density at radius 2 is 1.97 bits per heavy atom. The first-order valence-corrected chi connectivity index (χ1v) is 10.4. The van der Waals surface area contributed by atoms with Gasteiger partial charge in [-0.05, 0) is 41.2 Å². The smallest absolute Gasteiger partial charge is 0.269 e. The fourth-order valence-electron chi connectivity index (χ4n) is 4.57. The highest BCUT2D eigenvalue weighted by atomic mass is 16.2. The van der Waals surface area contributed by atoms with Crippen LogP contribution in [0, 0.1) is 11.3 Å². The molecule has 1 saturated carbocycles. The number of pyridine rings is 1. The van der Waals surface area contributed by atoms with Gasteiger partial charge in [-0.3, -0.25) is 9.59 Å². The quantitative estimate of drug-likeness (QED) is 0.586. The lowest BCUT2D eigenvalue weighted by atomic mass is 10.0. The summed E-state index contributed by atoms with van der Waals surface area (Å²) in [6.45, 7) is 6.50. The first-order chi connectivity index (χ1) is 14.3. The molecule has 0 radical (unpaired) electrons. The van der Waals surface area contributed by atoms with Crippen molar-refractivity contribution in [3.63, 3.8) is 0 Å². The van der Waals surface area contributed by atoms with Gasteiger partial charge < -0.3 is 15.6 Å². The molecule has 0 aliphatic heterocycles. The third-order valence-electron chi connectivity index (χ3n) is 6.43. The maximum atomic E-state index is 13.0. The third-order valence-corrected chi connectivity index (χ3v) is 6.43. The predicted octanol–water partition coefficient (Wildman–Crippen LogP) is 3.68. The topological polar surface area (TPSA) is 86.9 Å². The van der Waals surface area contributed by atoms with Gasteiger partial charge in [0, 0.05) is 47.9 Å². The molecule has 1 fully saturated rings. The van der Waals surface area contributed by atoms with Crippen LogP contribution in [-0.4, -0.2) is 34.9 Å². The van der Waals surface area contributed by atoms with Gasteiger partial charge in [-0.2, -0.15) is 0 Å². The minimum absolute atomic E-state index is 0.105. The van der Waals surface area contributed by atoms with Crippen LogP contribution < -0.4 is 10.6 Å². The molecule has 3 aromatic rings. The second kappa shape index (κ2) is 7.59. The SMILES string of the molecule is CCC1C(NC(=O)c2cc(Cc3cccc4[nH]ccc34)nc(C(=O)NC)c2)C1(C)C. The summed E-state index contributed by atoms with van der Waals surface area (Å²) in [6.07, 6.45) is 3.47. The van der Waals surface area contributed by atoms with Crippen molar-refractivity contribution >= 4 is 22.7 Å². The Hall–Kier alpha value is -3.15. The molecule has 2 heterocycles. The van der Waals surface area contributed by atoms with Gasteiger partial charge in [0.05, 0.1) is 0 Å². The van der Waals surface area contributed by atoms with Gasteiger partial charge in [-0.15, -0.1) is 0 Å². The molecule has 6 nitrogen and oxygen atoms in total. The fourth-order valence-corrected chi connectivity index (χ4v) is 4.57. The number of carbonyl (C=O) groups excluding carboxylic acids is 2. The highest BCUT2D eigenvalue weighted by Crippen LogP contribution is 2.53. The van der Waals surface area contributed by atoms with E-state index in [1.807, 2.05) is 30.5 Å². The number of carbonyl (C=O) groups is 2. The lowest BCUT2D eigenvalue weighted by Gasteiger charge is -2.11. The van der Waals surface area contributed by atoms with E-state index in [-0.39, 0.29) is 29.0 Å². The Morgan fingerprint density at radius 1 is 1.17 bits per heavy atom. The fraction of sp³-hybridized carbons (Fsp3) is 0.375. The van der Waals surface area contributed by atoms with Crippen LogP contribution in [0.4, 0.5) is 0 Å². The van der Waals surface area contributed by atoms with Gasteiger partial charge in [-0.25, -0.2) is 4.98 Å². The molecule has 2 atom stereocenters. The molecule has 1 aliphatic carbocycles. The average molecular weight is 405 g/mol. The molecule has 2 aromatic heterocycles. The molecule has 3 N–H and O–H groups in total. The molecule has 4 rings (SSSR count). The van der Waals surface area contributed by atoms with E-state index in [1.165, 1.54) is 0 Å². The van der Waals surface area contributed by atoms with Gasteiger partial charge >= 0.3 is 0 Å². The van der Waals surface area contributed by atoms with Crippen LogP contribution in [0.15, 0.2) is 42.6 Å². The first-order valence-electron chi connectivity index (χ1n) is 10.4. The molecular weight excluding hydrogens is 376 g/mol. The summed E-state index contributed by atoms with van der Waals surface area (Å²) < 4.78 is 0. The molecule has 156 valence electrons. The van der Waals surface area contributed by atoms with Gasteiger partial charge in [-0.1, -0.05) is 39.3 Å². The van der Waals surface area contributed by atoms with Crippen LogP contribution in [0.2, 0.25) is 0 Å². The number of hydrogen-bond acceptors (Lipinski definition) is 3. The maximum Gasteiger partial charge on any atom is 0.269 e. The molecule has 2 amide bonds. The van der Waals surface area contributed by atoms with Gasteiger partial charge in [0.25, 0.3) is 11.8 Å². The Balaban J connectivity index is 1.65. The molecule has 30 heavy (non-hydrogen) atoms. The van der Waals surface area contributed by atoms with Gasteiger partial charge in [0.1, 0.15) is 5.69 Å². The number of H-pyrrole nitrogens is 1. The van der Waals surface area contributed by atoms with Crippen molar-refractivity contribution in [1.29, 1.82) is 0 Å². The molecule has 2 unspecified atom stereocenters. The zero-order valence-electron chi connectivity index (χ0n) is 17.9. The maximum absolute atomic E-state index is 13.0. The van der Waals surface area contributed by atoms with E-state index in [0.717, 1.165) is 22.9 Å². The molecule has 1 aliphatic rings. The van der Waals surface area contributed by atoms with Crippen LogP contribution in [0.1, 0.15) is 59.3 Å². The zero-order chi connectivity index (χ0) is 21.5. The molecular formula is C24H28N4O2. The lowest BCUT2D eigenvalue weighted by molar-refractivity contribution is 0.0945. The monoisotopic (exact) mass is 404 g/mol. The number of amides is 2. The van der Waals surface area contributed by atoms with Crippen LogP contribution >= 0.6 is 0 Å². The number of hydrogen-bond donors (Lipinski definition) is 3. The Bertz CT molecular complexity index is 1120. The van der Waals surface area contributed by atoms with E-state index in [0.29, 0.717) is 23.6 Å². The van der Waals surface area contributed by atoms with Crippen molar-refractivity contribution < 1.29 is 9.59 Å². The van der Waals surface area contributed by atoms with Crippen molar-refractivity contribution in [2.45, 2.75) is 39.7 Å². The summed E-state index contributed by atoms with van der Waals surface area (Å²) in [5.74, 6) is 0.0222. The van der Waals surface area contributed by atoms with E-state index in [2.05, 4.69) is 41.4 Å². The van der Waals surface area contributed by atoms with E-state index in [4.69, 9.17) is 0 Å². The summed E-state index contributed by atoms with van der Waals surface area (Å²) in [6, 6.07) is 11.6. The molecule has 1 aromatic carbocycles. The van der Waals surface area contributed by atoms with Crippen LogP contribution in [-0.2, 0) is 6.42 Å². The second-order valence-corrected chi connectivity index (χ2v) is 8.63. The van der Waals surface area contributed by atoms with Crippen molar-refractivity contribution in [2.24, 2.45) is 11.3 Å². The highest BCUT2D eigenvalue weighted by molar-refractivity contribution is 5.99. The van der Waals surface area contributed by atoms with Crippen molar-refractivity contribution in [1.82, 2.24) is 20.6 Å². The predicted molar refractivity (Wildman–Crippen MR) is 118 cm³/mol. The van der Waals surface area contributed by atoms with Gasteiger partial charge in [0.2, 0.25) is 0 Å². The van der Waals surface area contributed by atoms with Crippen LogP contribution in [0.5, 0.6) is 0 Å². The number of rotatable bonds is 6. The minimum Gasteiger partial charge on any atom is -0.361 e. The molecule has 0 bridgehead atoms. The van der Waals surface area contributed by atoms with E-state index >= 15 is 0 Å². The Labute approximate surface area is 176 Å². The number of nitrogens with one attached hydrogen (secondary N) is 3. The summed E-state index contributed by atoms with van der Waals surface area (Å²) in [7, 11) is 1.57. The van der Waals surface area contributed by atoms with E-state index in [1.54, 1.807) is 19.2 Å². The van der Waals surface area contributed by atoms with E-state index in [9.17, 15) is 9.59 Å². The number of fused-ring (bicyclic) bond motifs is 1. The Morgan fingerprint density at radius 3 is 2.67 bits per heavy atom. The summed E-state index contributed by atoms with van der Waals surface area (Å²) in [5.41, 5.74) is 3.66. The number of aromatic amines is 1. The van der Waals surface area contributed by atoms with Crippen molar-refractivity contribution in [2.75, 3.05) is 7.05 Å². The first kappa shape index (κ1) is 20.1. The number of nitrogens with zero attached hydrogens (tertiary/aromatic N) is 1. The summed E-state index contributed by atoms with van der Waals surface area (Å²) in [5, 5.41) is 6.88. The van der Waals surface area contributed by atoms with Crippen LogP contribution in [0.25, 0.3) is 10.9 Å². The standard InChI is InChI=1S/C24H28N4O2/c1-5-18-21(24(18,2)3)28-22(29)15-12-16(27-20(13-15)23(30)25-4)11-14-7-6-8-19-17(14)9-10-26-19/h6-10,12-13,18,21,26H,5,11H2,1-4H3,(H,25,30)(H,28,29). The lowest BCUT2D eigenvalue weighted by Crippen LogP contribution is -2.30. The summed E-state index contributed by atoms with van der Waals surface area (Å²) >= 11 is 0. The second-order valence-electron chi connectivity index (χ2n) is 8.63. The zero-order valence-corrected chi connectivity index (χ0v) is 17.9. The van der Waals surface area contributed by atoms with E-state index < -0.39 is 0 Å². The van der Waals surface area contributed by atoms with Crippen molar-refractivity contribution in [3.05, 3.63) is 65.1 Å². The number of aromatic nitrogens is 2. The van der Waals surface area contributed by atoms with Crippen LogP contribution in [0.3, 0.4) is 0 Å². The Kier molecular flexibility index (Phi) is 5.10. The number of benzene rings is 1. The molecule has 0 saturated heterocycles. The third kappa shape index (κ3) is 3.58. The molecule has 6 heteroatoms. The molecule has 0 spiro atoms. The average Bonchev–Trinajstić information content (AvgIpc) is 3.07. The normalized spacial score (nSPS) is 19.5. The minimum atomic E-state index is -0.302. The highest BCUT2D eigenvalue weighted by Gasteiger charge is 2.57. The summed E-state index contributed by atoms with van der Waals surface area (Å²) in [4.78, 5) is 33.0. The largest absolute Gasteiger partial charge is 0.361 e.